The molecule has 1 unspecified atom stereocenters. The van der Waals surface area contributed by atoms with Gasteiger partial charge in [-0.05, 0) is 31.5 Å². The van der Waals surface area contributed by atoms with Crippen molar-refractivity contribution in [3.05, 3.63) is 54.2 Å². The lowest BCUT2D eigenvalue weighted by Crippen LogP contribution is -2.44. The zero-order valence-corrected chi connectivity index (χ0v) is 15.0. The minimum Gasteiger partial charge on any atom is -0.373 e. The van der Waals surface area contributed by atoms with Gasteiger partial charge in [0.1, 0.15) is 5.82 Å². The van der Waals surface area contributed by atoms with Crippen LogP contribution in [0.5, 0.6) is 0 Å². The second-order valence-electron chi connectivity index (χ2n) is 6.61. The smallest absolute Gasteiger partial charge is 0.163 e. The molecule has 0 radical (unpaired) electrons. The Morgan fingerprint density at radius 3 is 2.92 bits per heavy atom. The molecule has 0 N–H and O–H groups in total. The molecule has 0 aromatic carbocycles. The highest BCUT2D eigenvalue weighted by molar-refractivity contribution is 5.56. The predicted octanol–water partition coefficient (Wildman–Crippen LogP) is 2.26. The molecular weight excluding hydrogens is 328 g/mol. The molecule has 1 aliphatic heterocycles. The Balaban J connectivity index is 1.54. The number of rotatable bonds is 4. The summed E-state index contributed by atoms with van der Waals surface area (Å²) in [7, 11) is 0. The van der Waals surface area contributed by atoms with E-state index in [4.69, 9.17) is 9.72 Å². The highest BCUT2D eigenvalue weighted by Crippen LogP contribution is 2.21. The van der Waals surface area contributed by atoms with Gasteiger partial charge < -0.3 is 9.64 Å². The van der Waals surface area contributed by atoms with Gasteiger partial charge in [-0.2, -0.15) is 5.10 Å². The molecule has 1 saturated heterocycles. The van der Waals surface area contributed by atoms with Crippen LogP contribution in [0.1, 0.15) is 11.3 Å². The molecule has 0 bridgehead atoms. The van der Waals surface area contributed by atoms with Crippen LogP contribution in [-0.2, 0) is 11.3 Å². The van der Waals surface area contributed by atoms with E-state index in [-0.39, 0.29) is 6.10 Å². The highest BCUT2D eigenvalue weighted by atomic mass is 16.5. The van der Waals surface area contributed by atoms with Crippen LogP contribution in [0.15, 0.2) is 43.0 Å². The van der Waals surface area contributed by atoms with Crippen molar-refractivity contribution in [3.8, 4) is 11.4 Å². The molecule has 0 aliphatic carbocycles. The second-order valence-corrected chi connectivity index (χ2v) is 6.61. The maximum atomic E-state index is 5.93. The Morgan fingerprint density at radius 1 is 1.23 bits per heavy atom. The minimum atomic E-state index is 0.0835. The van der Waals surface area contributed by atoms with Gasteiger partial charge in [-0.15, -0.1) is 0 Å². The lowest BCUT2D eigenvalue weighted by Gasteiger charge is -2.34. The third-order valence-electron chi connectivity index (χ3n) is 4.38. The topological polar surface area (TPSA) is 69.0 Å². The van der Waals surface area contributed by atoms with Gasteiger partial charge >= 0.3 is 0 Å². The van der Waals surface area contributed by atoms with E-state index in [0.717, 1.165) is 42.3 Å². The van der Waals surface area contributed by atoms with Crippen molar-refractivity contribution in [1.82, 2.24) is 24.7 Å². The molecule has 1 fully saturated rings. The van der Waals surface area contributed by atoms with E-state index in [0.29, 0.717) is 12.4 Å². The van der Waals surface area contributed by atoms with Gasteiger partial charge in [-0.25, -0.2) is 9.97 Å². The first-order valence-corrected chi connectivity index (χ1v) is 8.79. The van der Waals surface area contributed by atoms with Gasteiger partial charge in [0.2, 0.25) is 0 Å². The van der Waals surface area contributed by atoms with E-state index in [1.54, 1.807) is 12.4 Å². The number of aromatic nitrogens is 5. The van der Waals surface area contributed by atoms with Crippen LogP contribution < -0.4 is 4.90 Å². The van der Waals surface area contributed by atoms with Gasteiger partial charge in [0.05, 0.1) is 25.5 Å². The highest BCUT2D eigenvalue weighted by Gasteiger charge is 2.23. The molecule has 4 heterocycles. The Kier molecular flexibility index (Phi) is 4.62. The fraction of sp³-hybridized carbons (Fsp3) is 0.368. The van der Waals surface area contributed by atoms with Crippen LogP contribution in [0, 0.1) is 13.8 Å². The zero-order chi connectivity index (χ0) is 17.9. The van der Waals surface area contributed by atoms with E-state index in [2.05, 4.69) is 20.0 Å². The predicted molar refractivity (Wildman–Crippen MR) is 98.9 cm³/mol. The fourth-order valence-corrected chi connectivity index (χ4v) is 3.15. The molecule has 7 nitrogen and oxygen atoms in total. The third-order valence-corrected chi connectivity index (χ3v) is 4.38. The first-order chi connectivity index (χ1) is 12.7. The molecule has 7 heteroatoms. The van der Waals surface area contributed by atoms with Crippen molar-refractivity contribution in [2.24, 2.45) is 0 Å². The van der Waals surface area contributed by atoms with Crippen molar-refractivity contribution >= 4 is 5.82 Å². The Hall–Kier alpha value is -2.80. The third kappa shape index (κ3) is 3.72. The number of pyridine rings is 1. The van der Waals surface area contributed by atoms with Crippen LogP contribution >= 0.6 is 0 Å². The van der Waals surface area contributed by atoms with E-state index >= 15 is 0 Å². The van der Waals surface area contributed by atoms with Gasteiger partial charge in [0.25, 0.3) is 0 Å². The number of nitrogens with zero attached hydrogens (tertiary/aromatic N) is 6. The first kappa shape index (κ1) is 16.7. The van der Waals surface area contributed by atoms with Crippen LogP contribution in [0.25, 0.3) is 11.4 Å². The number of hydrogen-bond acceptors (Lipinski definition) is 6. The molecule has 26 heavy (non-hydrogen) atoms. The molecule has 0 saturated carbocycles. The minimum absolute atomic E-state index is 0.0835. The van der Waals surface area contributed by atoms with Crippen molar-refractivity contribution < 1.29 is 4.74 Å². The molecule has 3 aromatic rings. The van der Waals surface area contributed by atoms with E-state index in [1.807, 2.05) is 49.1 Å². The number of ether oxygens (including phenoxy) is 1. The van der Waals surface area contributed by atoms with Gasteiger partial charge in [-0.1, -0.05) is 0 Å². The van der Waals surface area contributed by atoms with Crippen molar-refractivity contribution in [1.29, 1.82) is 0 Å². The largest absolute Gasteiger partial charge is 0.373 e. The summed E-state index contributed by atoms with van der Waals surface area (Å²) in [6.45, 7) is 7.05. The lowest BCUT2D eigenvalue weighted by molar-refractivity contribution is 0.0272. The molecule has 0 amide bonds. The number of anilines is 1. The quantitative estimate of drug-likeness (QED) is 0.719. The summed E-state index contributed by atoms with van der Waals surface area (Å²) >= 11 is 0. The van der Waals surface area contributed by atoms with Crippen LogP contribution in [0.3, 0.4) is 0 Å². The second kappa shape index (κ2) is 7.21. The summed E-state index contributed by atoms with van der Waals surface area (Å²) < 4.78 is 7.87. The standard InChI is InChI=1S/C19H22N6O/c1-14-9-21-25(11-14)13-17-12-24(6-7-26-17)18-8-15(2)22-19(23-18)16-4-3-5-20-10-16/h3-5,8-11,17H,6-7,12-13H2,1-2H3. The van der Waals surface area contributed by atoms with Crippen LogP contribution in [-0.4, -0.2) is 50.5 Å². The average molecular weight is 350 g/mol. The van der Waals surface area contributed by atoms with E-state index < -0.39 is 0 Å². The van der Waals surface area contributed by atoms with E-state index in [9.17, 15) is 0 Å². The number of morpholine rings is 1. The molecule has 1 aliphatic rings. The summed E-state index contributed by atoms with van der Waals surface area (Å²) in [6, 6.07) is 5.91. The monoisotopic (exact) mass is 350 g/mol. The molecule has 4 rings (SSSR count). The molecule has 134 valence electrons. The fourth-order valence-electron chi connectivity index (χ4n) is 3.15. The molecule has 3 aromatic heterocycles. The van der Waals surface area contributed by atoms with Gasteiger partial charge in [-0.3, -0.25) is 9.67 Å². The summed E-state index contributed by atoms with van der Waals surface area (Å²) in [5.41, 5.74) is 3.03. The summed E-state index contributed by atoms with van der Waals surface area (Å²) in [4.78, 5) is 15.8. The first-order valence-electron chi connectivity index (χ1n) is 8.79. The summed E-state index contributed by atoms with van der Waals surface area (Å²) in [5.74, 6) is 1.64. The SMILES string of the molecule is Cc1cnn(CC2CN(c3cc(C)nc(-c4cccnc4)n3)CCO2)c1. The molecule has 1 atom stereocenters. The number of aryl methyl sites for hydroxylation is 2. The van der Waals surface area contributed by atoms with Gasteiger partial charge in [0.15, 0.2) is 5.82 Å². The Labute approximate surface area is 152 Å². The zero-order valence-electron chi connectivity index (χ0n) is 15.0. The van der Waals surface area contributed by atoms with Crippen molar-refractivity contribution in [3.63, 3.8) is 0 Å². The van der Waals surface area contributed by atoms with Crippen molar-refractivity contribution in [2.45, 2.75) is 26.5 Å². The average Bonchev–Trinajstić information content (AvgIpc) is 3.07. The van der Waals surface area contributed by atoms with Crippen LogP contribution in [0.4, 0.5) is 5.82 Å². The Bertz CT molecular complexity index is 879. The maximum Gasteiger partial charge on any atom is 0.163 e. The Morgan fingerprint density at radius 2 is 2.15 bits per heavy atom. The van der Waals surface area contributed by atoms with Crippen molar-refractivity contribution in [2.75, 3.05) is 24.6 Å². The van der Waals surface area contributed by atoms with E-state index in [1.165, 1.54) is 0 Å². The van der Waals surface area contributed by atoms with Crippen LogP contribution in [0.2, 0.25) is 0 Å². The normalized spacial score (nSPS) is 17.5. The lowest BCUT2D eigenvalue weighted by atomic mass is 10.2. The molecule has 0 spiro atoms. The summed E-state index contributed by atoms with van der Waals surface area (Å²) in [5, 5.41) is 4.36. The maximum absolute atomic E-state index is 5.93. The number of hydrogen-bond donors (Lipinski definition) is 0. The summed E-state index contributed by atoms with van der Waals surface area (Å²) in [6.07, 6.45) is 7.54. The van der Waals surface area contributed by atoms with Gasteiger partial charge in [0, 0.05) is 49.0 Å². The molecular formula is C19H22N6O.